The Morgan fingerprint density at radius 2 is 2.16 bits per heavy atom. The molecule has 0 bridgehead atoms. The number of aromatic nitrogens is 1. The molecule has 19 heavy (non-hydrogen) atoms. The maximum Gasteiger partial charge on any atom is 0.236 e. The molecule has 4 nitrogen and oxygen atoms in total. The molecule has 2 N–H and O–H groups in total. The molecule has 1 heterocycles. The highest BCUT2D eigenvalue weighted by Crippen LogP contribution is 2.19. The van der Waals surface area contributed by atoms with E-state index in [9.17, 15) is 4.79 Å². The first-order chi connectivity index (χ1) is 9.04. The summed E-state index contributed by atoms with van der Waals surface area (Å²) < 4.78 is 0. The van der Waals surface area contributed by atoms with Crippen LogP contribution in [0.5, 0.6) is 0 Å². The van der Waals surface area contributed by atoms with Crippen LogP contribution in [0.2, 0.25) is 0 Å². The number of hydrogen-bond acceptors (Lipinski definition) is 4. The third-order valence-corrected chi connectivity index (χ3v) is 4.08. The van der Waals surface area contributed by atoms with Gasteiger partial charge in [-0.25, -0.2) is 4.98 Å². The van der Waals surface area contributed by atoms with E-state index in [-0.39, 0.29) is 18.0 Å². The maximum absolute atomic E-state index is 11.9. The van der Waals surface area contributed by atoms with Gasteiger partial charge in [0.05, 0.1) is 12.1 Å². The number of nitrogens with one attached hydrogen (secondary N) is 2. The van der Waals surface area contributed by atoms with E-state index in [4.69, 9.17) is 0 Å². The van der Waals surface area contributed by atoms with Crippen molar-refractivity contribution in [3.63, 3.8) is 0 Å². The van der Waals surface area contributed by atoms with Gasteiger partial charge in [-0.2, -0.15) is 0 Å². The van der Waals surface area contributed by atoms with E-state index in [1.165, 1.54) is 11.3 Å². The molecule has 0 saturated carbocycles. The number of carbonyl (C=O) groups is 1. The topological polar surface area (TPSA) is 54.0 Å². The van der Waals surface area contributed by atoms with Crippen LogP contribution >= 0.6 is 11.3 Å². The Kier molecular flexibility index (Phi) is 7.02. The number of thiazole rings is 1. The Labute approximate surface area is 120 Å². The van der Waals surface area contributed by atoms with Crippen molar-refractivity contribution in [2.75, 3.05) is 6.54 Å². The predicted octanol–water partition coefficient (Wildman–Crippen LogP) is 2.80. The molecule has 0 aliphatic heterocycles. The summed E-state index contributed by atoms with van der Waals surface area (Å²) in [7, 11) is 0. The Hall–Kier alpha value is -0.940. The summed E-state index contributed by atoms with van der Waals surface area (Å²) in [6.07, 6.45) is 5.25. The normalized spacial score (nSPS) is 14.1. The molecule has 2 atom stereocenters. The fourth-order valence-electron chi connectivity index (χ4n) is 1.83. The summed E-state index contributed by atoms with van der Waals surface area (Å²) in [5.41, 5.74) is 0. The second-order valence-corrected chi connectivity index (χ2v) is 6.18. The fraction of sp³-hybridized carbons (Fsp3) is 0.714. The van der Waals surface area contributed by atoms with Gasteiger partial charge in [-0.05, 0) is 27.2 Å². The maximum atomic E-state index is 11.9. The summed E-state index contributed by atoms with van der Waals surface area (Å²) in [6, 6.07) is -0.0871. The van der Waals surface area contributed by atoms with Gasteiger partial charge in [0.25, 0.3) is 0 Å². The molecule has 5 heteroatoms. The molecule has 0 aromatic carbocycles. The smallest absolute Gasteiger partial charge is 0.236 e. The molecule has 0 spiro atoms. The number of carbonyl (C=O) groups excluding carboxylic acids is 1. The minimum absolute atomic E-state index is 0.0660. The Morgan fingerprint density at radius 1 is 1.42 bits per heavy atom. The van der Waals surface area contributed by atoms with E-state index in [1.807, 2.05) is 27.0 Å². The van der Waals surface area contributed by atoms with Crippen LogP contribution < -0.4 is 10.6 Å². The quantitative estimate of drug-likeness (QED) is 0.721. The molecule has 1 aromatic heterocycles. The number of amides is 1. The van der Waals surface area contributed by atoms with Gasteiger partial charge in [0.1, 0.15) is 5.01 Å². The van der Waals surface area contributed by atoms with Gasteiger partial charge in [-0.3, -0.25) is 10.1 Å². The van der Waals surface area contributed by atoms with Crippen LogP contribution in [0.1, 0.15) is 56.0 Å². The number of nitrogens with zero attached hydrogens (tertiary/aromatic N) is 1. The third-order valence-electron chi connectivity index (χ3n) is 2.98. The molecule has 0 aliphatic rings. The average molecular weight is 283 g/mol. The number of aryl methyl sites for hydroxylation is 1. The Bertz CT molecular complexity index is 392. The lowest BCUT2D eigenvalue weighted by Gasteiger charge is -2.18. The van der Waals surface area contributed by atoms with E-state index in [0.29, 0.717) is 0 Å². The van der Waals surface area contributed by atoms with Crippen LogP contribution in [-0.2, 0) is 4.79 Å². The highest BCUT2D eigenvalue weighted by Gasteiger charge is 2.17. The van der Waals surface area contributed by atoms with Crippen molar-refractivity contribution in [1.82, 2.24) is 15.6 Å². The van der Waals surface area contributed by atoms with Gasteiger partial charge in [0, 0.05) is 17.6 Å². The zero-order valence-electron chi connectivity index (χ0n) is 12.3. The van der Waals surface area contributed by atoms with Crippen molar-refractivity contribution < 1.29 is 4.79 Å². The number of unbranched alkanes of at least 4 members (excludes halogenated alkanes) is 2. The van der Waals surface area contributed by atoms with Gasteiger partial charge in [0.15, 0.2) is 0 Å². The lowest BCUT2D eigenvalue weighted by atomic mass is 10.2. The standard InChI is InChI=1S/C14H25N3OS/c1-5-6-7-8-15-13(18)11(3)17-12(4)14-16-9-10(2)19-14/h9,11-12,17H,5-8H2,1-4H3,(H,15,18). The molecule has 1 aromatic rings. The summed E-state index contributed by atoms with van der Waals surface area (Å²) in [6.45, 7) is 8.90. The van der Waals surface area contributed by atoms with Crippen LogP contribution in [0.25, 0.3) is 0 Å². The highest BCUT2D eigenvalue weighted by molar-refractivity contribution is 7.11. The Balaban J connectivity index is 2.33. The predicted molar refractivity (Wildman–Crippen MR) is 80.4 cm³/mol. The first-order valence-corrected chi connectivity index (χ1v) is 7.82. The van der Waals surface area contributed by atoms with E-state index in [0.717, 1.165) is 24.4 Å². The largest absolute Gasteiger partial charge is 0.355 e. The van der Waals surface area contributed by atoms with E-state index >= 15 is 0 Å². The molecule has 108 valence electrons. The Morgan fingerprint density at radius 3 is 2.74 bits per heavy atom. The number of hydrogen-bond donors (Lipinski definition) is 2. The molecular weight excluding hydrogens is 258 g/mol. The molecule has 0 radical (unpaired) electrons. The molecule has 0 aliphatic carbocycles. The van der Waals surface area contributed by atoms with Crippen molar-refractivity contribution in [1.29, 1.82) is 0 Å². The van der Waals surface area contributed by atoms with Gasteiger partial charge in [0.2, 0.25) is 5.91 Å². The molecule has 0 saturated heterocycles. The van der Waals surface area contributed by atoms with Crippen LogP contribution in [0, 0.1) is 6.92 Å². The van der Waals surface area contributed by atoms with Crippen molar-refractivity contribution in [3.8, 4) is 0 Å². The second kappa shape index (κ2) is 8.27. The van der Waals surface area contributed by atoms with E-state index < -0.39 is 0 Å². The number of rotatable bonds is 8. The second-order valence-electron chi connectivity index (χ2n) is 4.92. The molecule has 1 amide bonds. The first-order valence-electron chi connectivity index (χ1n) is 7.00. The lowest BCUT2D eigenvalue weighted by Crippen LogP contribution is -2.43. The fourth-order valence-corrected chi connectivity index (χ4v) is 2.62. The zero-order valence-corrected chi connectivity index (χ0v) is 13.1. The minimum atomic E-state index is -0.194. The van der Waals surface area contributed by atoms with Gasteiger partial charge in [-0.1, -0.05) is 19.8 Å². The average Bonchev–Trinajstić information content (AvgIpc) is 2.81. The van der Waals surface area contributed by atoms with E-state index in [1.54, 1.807) is 11.3 Å². The molecular formula is C14H25N3OS. The molecule has 2 unspecified atom stereocenters. The summed E-state index contributed by atoms with van der Waals surface area (Å²) >= 11 is 1.67. The van der Waals surface area contributed by atoms with E-state index in [2.05, 4.69) is 22.5 Å². The van der Waals surface area contributed by atoms with Crippen molar-refractivity contribution in [2.45, 2.75) is 59.0 Å². The molecule has 0 fully saturated rings. The van der Waals surface area contributed by atoms with Gasteiger partial charge in [-0.15, -0.1) is 11.3 Å². The van der Waals surface area contributed by atoms with Gasteiger partial charge < -0.3 is 5.32 Å². The summed E-state index contributed by atoms with van der Waals surface area (Å²) in [4.78, 5) is 17.4. The highest BCUT2D eigenvalue weighted by atomic mass is 32.1. The van der Waals surface area contributed by atoms with Gasteiger partial charge >= 0.3 is 0 Å². The van der Waals surface area contributed by atoms with Crippen molar-refractivity contribution in [3.05, 3.63) is 16.1 Å². The van der Waals surface area contributed by atoms with Crippen LogP contribution in [-0.4, -0.2) is 23.5 Å². The monoisotopic (exact) mass is 283 g/mol. The molecule has 1 rings (SSSR count). The zero-order chi connectivity index (χ0) is 14.3. The van der Waals surface area contributed by atoms with Crippen LogP contribution in [0.3, 0.4) is 0 Å². The minimum Gasteiger partial charge on any atom is -0.355 e. The first kappa shape index (κ1) is 16.1. The SMILES string of the molecule is CCCCCNC(=O)C(C)NC(C)c1ncc(C)s1. The lowest BCUT2D eigenvalue weighted by molar-refractivity contribution is -0.122. The van der Waals surface area contributed by atoms with Crippen molar-refractivity contribution in [2.24, 2.45) is 0 Å². The van der Waals surface area contributed by atoms with Crippen LogP contribution in [0.15, 0.2) is 6.20 Å². The summed E-state index contributed by atoms with van der Waals surface area (Å²) in [5.74, 6) is 0.0660. The van der Waals surface area contributed by atoms with Crippen molar-refractivity contribution >= 4 is 17.2 Å². The third kappa shape index (κ3) is 5.70. The van der Waals surface area contributed by atoms with Crippen LogP contribution in [0.4, 0.5) is 0 Å². The summed E-state index contributed by atoms with van der Waals surface area (Å²) in [5, 5.41) is 7.28.